The molecule has 1 unspecified atom stereocenters. The minimum atomic E-state index is -0.436. The number of ether oxygens (including phenoxy) is 1. The summed E-state index contributed by atoms with van der Waals surface area (Å²) in [6, 6.07) is 6.22. The molecule has 92 valence electrons. The van der Waals surface area contributed by atoms with Gasteiger partial charge in [-0.3, -0.25) is 0 Å². The molecule has 1 N–H and O–H groups in total. The van der Waals surface area contributed by atoms with Crippen molar-refractivity contribution in [2.24, 2.45) is 0 Å². The largest absolute Gasteiger partial charge is 0.496 e. The zero-order valence-electron chi connectivity index (χ0n) is 10.7. The molecule has 18 heavy (non-hydrogen) atoms. The predicted octanol–water partition coefficient (Wildman–Crippen LogP) is 2.69. The molecular weight excluding hydrogens is 226 g/mol. The summed E-state index contributed by atoms with van der Waals surface area (Å²) in [7, 11) is 1.62. The lowest BCUT2D eigenvalue weighted by atomic mass is 9.95. The first-order valence-corrected chi connectivity index (χ1v) is 5.71. The SMILES string of the molecule is COc1cc(C)c(C)cc1C(C#N)c1ncc[nH]1. The number of benzene rings is 1. The molecule has 1 aromatic heterocycles. The van der Waals surface area contributed by atoms with Gasteiger partial charge in [0.2, 0.25) is 0 Å². The van der Waals surface area contributed by atoms with E-state index in [1.54, 1.807) is 19.5 Å². The van der Waals surface area contributed by atoms with E-state index in [0.29, 0.717) is 5.82 Å². The van der Waals surface area contributed by atoms with Crippen molar-refractivity contribution in [3.05, 3.63) is 47.0 Å². The van der Waals surface area contributed by atoms with Crippen LogP contribution in [0.25, 0.3) is 0 Å². The first-order valence-electron chi connectivity index (χ1n) is 5.71. The van der Waals surface area contributed by atoms with Crippen molar-refractivity contribution in [2.45, 2.75) is 19.8 Å². The number of nitriles is 1. The Labute approximate surface area is 106 Å². The van der Waals surface area contributed by atoms with E-state index in [1.807, 2.05) is 26.0 Å². The Hall–Kier alpha value is -2.28. The van der Waals surface area contributed by atoms with E-state index >= 15 is 0 Å². The number of H-pyrrole nitrogens is 1. The first kappa shape index (κ1) is 12.2. The van der Waals surface area contributed by atoms with Crippen LogP contribution in [0.5, 0.6) is 5.75 Å². The summed E-state index contributed by atoms with van der Waals surface area (Å²) in [6.45, 7) is 4.05. The average Bonchev–Trinajstić information content (AvgIpc) is 2.88. The van der Waals surface area contributed by atoms with Crippen LogP contribution >= 0.6 is 0 Å². The molecule has 0 aliphatic carbocycles. The van der Waals surface area contributed by atoms with Gasteiger partial charge in [0.1, 0.15) is 17.5 Å². The van der Waals surface area contributed by atoms with E-state index in [4.69, 9.17) is 4.74 Å². The molecule has 0 bridgehead atoms. The number of hydrogen-bond donors (Lipinski definition) is 1. The number of aromatic nitrogens is 2. The number of nitrogens with zero attached hydrogens (tertiary/aromatic N) is 2. The molecule has 1 heterocycles. The van der Waals surface area contributed by atoms with Gasteiger partial charge in [-0.2, -0.15) is 5.26 Å². The number of aromatic amines is 1. The second-order valence-electron chi connectivity index (χ2n) is 4.21. The Morgan fingerprint density at radius 2 is 2.06 bits per heavy atom. The lowest BCUT2D eigenvalue weighted by molar-refractivity contribution is 0.408. The average molecular weight is 241 g/mol. The molecule has 4 nitrogen and oxygen atoms in total. The Balaban J connectivity index is 2.56. The molecule has 1 atom stereocenters. The van der Waals surface area contributed by atoms with Gasteiger partial charge in [-0.1, -0.05) is 6.07 Å². The minimum absolute atomic E-state index is 0.436. The molecule has 0 aliphatic rings. The zero-order chi connectivity index (χ0) is 13.1. The second kappa shape index (κ2) is 4.92. The number of rotatable bonds is 3. The Bertz CT molecular complexity index is 582. The van der Waals surface area contributed by atoms with Crippen molar-refractivity contribution in [3.63, 3.8) is 0 Å². The van der Waals surface area contributed by atoms with Crippen molar-refractivity contribution < 1.29 is 4.74 Å². The summed E-state index contributed by atoms with van der Waals surface area (Å²) in [5.41, 5.74) is 3.13. The first-order chi connectivity index (χ1) is 8.67. The number of nitrogens with one attached hydrogen (secondary N) is 1. The topological polar surface area (TPSA) is 61.7 Å². The van der Waals surface area contributed by atoms with Gasteiger partial charge in [0.15, 0.2) is 0 Å². The van der Waals surface area contributed by atoms with Gasteiger partial charge in [-0.15, -0.1) is 0 Å². The summed E-state index contributed by atoms with van der Waals surface area (Å²) in [5, 5.41) is 9.37. The monoisotopic (exact) mass is 241 g/mol. The van der Waals surface area contributed by atoms with E-state index in [9.17, 15) is 5.26 Å². The highest BCUT2D eigenvalue weighted by molar-refractivity contribution is 5.48. The van der Waals surface area contributed by atoms with Crippen LogP contribution in [0.4, 0.5) is 0 Å². The standard InChI is InChI=1S/C14H15N3O/c1-9-6-11(13(18-3)7-10(9)2)12(8-15)14-16-4-5-17-14/h4-7,12H,1-3H3,(H,16,17). The normalized spacial score (nSPS) is 11.9. The summed E-state index contributed by atoms with van der Waals surface area (Å²) >= 11 is 0. The van der Waals surface area contributed by atoms with Crippen molar-refractivity contribution >= 4 is 0 Å². The molecule has 2 aromatic rings. The minimum Gasteiger partial charge on any atom is -0.496 e. The lowest BCUT2D eigenvalue weighted by Crippen LogP contribution is -2.04. The smallest absolute Gasteiger partial charge is 0.133 e. The van der Waals surface area contributed by atoms with Crippen molar-refractivity contribution in [3.8, 4) is 11.8 Å². The fraction of sp³-hybridized carbons (Fsp3) is 0.286. The maximum Gasteiger partial charge on any atom is 0.133 e. The molecule has 0 amide bonds. The van der Waals surface area contributed by atoms with Crippen LogP contribution in [0, 0.1) is 25.2 Å². The van der Waals surface area contributed by atoms with E-state index in [0.717, 1.165) is 22.4 Å². The van der Waals surface area contributed by atoms with Crippen LogP contribution in [0.3, 0.4) is 0 Å². The van der Waals surface area contributed by atoms with Crippen molar-refractivity contribution in [1.29, 1.82) is 5.26 Å². The molecule has 0 aliphatic heterocycles. The fourth-order valence-electron chi connectivity index (χ4n) is 1.93. The van der Waals surface area contributed by atoms with E-state index in [1.165, 1.54) is 0 Å². The van der Waals surface area contributed by atoms with Crippen LogP contribution in [-0.4, -0.2) is 17.1 Å². The molecule has 0 saturated carbocycles. The summed E-state index contributed by atoms with van der Waals surface area (Å²) in [5.74, 6) is 0.925. The third-order valence-corrected chi connectivity index (χ3v) is 3.08. The van der Waals surface area contributed by atoms with Gasteiger partial charge < -0.3 is 9.72 Å². The van der Waals surface area contributed by atoms with Crippen molar-refractivity contribution in [1.82, 2.24) is 9.97 Å². The zero-order valence-corrected chi connectivity index (χ0v) is 10.7. The highest BCUT2D eigenvalue weighted by Gasteiger charge is 2.20. The molecule has 0 saturated heterocycles. The van der Waals surface area contributed by atoms with Gasteiger partial charge in [-0.25, -0.2) is 4.98 Å². The fourth-order valence-corrected chi connectivity index (χ4v) is 1.93. The highest BCUT2D eigenvalue weighted by Crippen LogP contribution is 2.32. The molecule has 1 aromatic carbocycles. The summed E-state index contributed by atoms with van der Waals surface area (Å²) in [4.78, 5) is 7.14. The highest BCUT2D eigenvalue weighted by atomic mass is 16.5. The molecule has 0 fully saturated rings. The van der Waals surface area contributed by atoms with Crippen LogP contribution in [0.2, 0.25) is 0 Å². The third kappa shape index (κ3) is 2.07. The van der Waals surface area contributed by atoms with Crippen molar-refractivity contribution in [2.75, 3.05) is 7.11 Å². The Kier molecular flexibility index (Phi) is 3.33. The maximum atomic E-state index is 9.37. The van der Waals surface area contributed by atoms with Crippen LogP contribution < -0.4 is 4.74 Å². The van der Waals surface area contributed by atoms with Gasteiger partial charge >= 0.3 is 0 Å². The second-order valence-corrected chi connectivity index (χ2v) is 4.21. The van der Waals surface area contributed by atoms with E-state index in [-0.39, 0.29) is 0 Å². The van der Waals surface area contributed by atoms with E-state index in [2.05, 4.69) is 16.0 Å². The number of methoxy groups -OCH3 is 1. The molecular formula is C14H15N3O. The predicted molar refractivity (Wildman–Crippen MR) is 68.5 cm³/mol. The van der Waals surface area contributed by atoms with Crippen LogP contribution in [-0.2, 0) is 0 Å². The Morgan fingerprint density at radius 1 is 1.33 bits per heavy atom. The number of imidazole rings is 1. The maximum absolute atomic E-state index is 9.37. The summed E-state index contributed by atoms with van der Waals surface area (Å²) < 4.78 is 5.37. The molecule has 0 radical (unpaired) electrons. The molecule has 4 heteroatoms. The number of hydrogen-bond acceptors (Lipinski definition) is 3. The van der Waals surface area contributed by atoms with Crippen LogP contribution in [0.15, 0.2) is 24.5 Å². The van der Waals surface area contributed by atoms with Gasteiger partial charge in [-0.05, 0) is 31.0 Å². The van der Waals surface area contributed by atoms with E-state index < -0.39 is 5.92 Å². The third-order valence-electron chi connectivity index (χ3n) is 3.08. The van der Waals surface area contributed by atoms with Crippen LogP contribution in [0.1, 0.15) is 28.4 Å². The number of aryl methyl sites for hydroxylation is 2. The van der Waals surface area contributed by atoms with Gasteiger partial charge in [0.05, 0.1) is 13.2 Å². The van der Waals surface area contributed by atoms with Gasteiger partial charge in [0, 0.05) is 18.0 Å². The quantitative estimate of drug-likeness (QED) is 0.898. The molecule has 0 spiro atoms. The van der Waals surface area contributed by atoms with Gasteiger partial charge in [0.25, 0.3) is 0 Å². The Morgan fingerprint density at radius 3 is 2.61 bits per heavy atom. The lowest BCUT2D eigenvalue weighted by Gasteiger charge is -2.14. The molecule has 2 rings (SSSR count). The summed E-state index contributed by atoms with van der Waals surface area (Å²) in [6.07, 6.45) is 3.36.